The zero-order chi connectivity index (χ0) is 17.5. The second kappa shape index (κ2) is 10.2. The number of aryl methyl sites for hydroxylation is 2. The monoisotopic (exact) mass is 458 g/mol. The maximum atomic E-state index is 5.90. The van der Waals surface area contributed by atoms with Gasteiger partial charge in [0.2, 0.25) is 0 Å². The molecule has 2 rings (SSSR count). The van der Waals surface area contributed by atoms with Gasteiger partial charge in [-0.25, -0.2) is 0 Å². The van der Waals surface area contributed by atoms with E-state index in [9.17, 15) is 0 Å². The number of nitrogens with one attached hydrogen (secondary N) is 2. The van der Waals surface area contributed by atoms with Crippen LogP contribution in [0.2, 0.25) is 0 Å². The molecule has 1 heterocycles. The summed E-state index contributed by atoms with van der Waals surface area (Å²) in [6.45, 7) is 7.20. The minimum Gasteiger partial charge on any atom is -0.489 e. The van der Waals surface area contributed by atoms with Crippen molar-refractivity contribution < 1.29 is 4.74 Å². The first kappa shape index (κ1) is 21.2. The van der Waals surface area contributed by atoms with Crippen molar-refractivity contribution in [2.45, 2.75) is 33.4 Å². The third-order valence-corrected chi connectivity index (χ3v) is 3.70. The second-order valence-corrected chi connectivity index (χ2v) is 5.77. The van der Waals surface area contributed by atoms with Gasteiger partial charge < -0.3 is 19.9 Å². The number of rotatable bonds is 6. The molecule has 0 aliphatic carbocycles. The Bertz CT molecular complexity index is 700. The van der Waals surface area contributed by atoms with E-state index in [4.69, 9.17) is 4.74 Å². The predicted molar refractivity (Wildman–Crippen MR) is 111 cm³/mol. The molecule has 25 heavy (non-hydrogen) atoms. The van der Waals surface area contributed by atoms with E-state index in [1.165, 1.54) is 5.56 Å². The fourth-order valence-corrected chi connectivity index (χ4v) is 2.19. The van der Waals surface area contributed by atoms with Crippen LogP contribution >= 0.6 is 24.0 Å². The van der Waals surface area contributed by atoms with Crippen LogP contribution in [-0.2, 0) is 13.6 Å². The molecule has 7 nitrogen and oxygen atoms in total. The number of guanidine groups is 1. The van der Waals surface area contributed by atoms with Crippen molar-refractivity contribution in [3.8, 4) is 5.75 Å². The van der Waals surface area contributed by atoms with E-state index in [1.807, 2.05) is 43.7 Å². The summed E-state index contributed by atoms with van der Waals surface area (Å²) < 4.78 is 7.85. The number of halogens is 1. The highest BCUT2D eigenvalue weighted by molar-refractivity contribution is 14.0. The first-order valence-electron chi connectivity index (χ1n) is 8.02. The molecule has 138 valence electrons. The van der Waals surface area contributed by atoms with Gasteiger partial charge in [0.05, 0.1) is 13.1 Å². The van der Waals surface area contributed by atoms with Gasteiger partial charge in [-0.05, 0) is 38.5 Å². The Morgan fingerprint density at radius 1 is 1.28 bits per heavy atom. The molecule has 2 N–H and O–H groups in total. The molecule has 0 saturated heterocycles. The molecule has 0 saturated carbocycles. The Labute approximate surface area is 166 Å². The van der Waals surface area contributed by atoms with Gasteiger partial charge in [0, 0.05) is 14.1 Å². The van der Waals surface area contributed by atoms with Gasteiger partial charge in [-0.3, -0.25) is 4.99 Å². The van der Waals surface area contributed by atoms with Crippen LogP contribution in [0.15, 0.2) is 29.3 Å². The fraction of sp³-hybridized carbons (Fsp3) is 0.471. The third kappa shape index (κ3) is 6.52. The molecule has 0 spiro atoms. The predicted octanol–water partition coefficient (Wildman–Crippen LogP) is 2.18. The van der Waals surface area contributed by atoms with Gasteiger partial charge in [0.25, 0.3) is 0 Å². The van der Waals surface area contributed by atoms with E-state index in [0.717, 1.165) is 17.4 Å². The van der Waals surface area contributed by atoms with Crippen LogP contribution < -0.4 is 15.4 Å². The van der Waals surface area contributed by atoms with E-state index in [-0.39, 0.29) is 30.1 Å². The van der Waals surface area contributed by atoms with Gasteiger partial charge in [-0.1, -0.05) is 12.1 Å². The fourth-order valence-electron chi connectivity index (χ4n) is 2.19. The molecule has 0 amide bonds. The number of hydrogen-bond donors (Lipinski definition) is 2. The Kier molecular flexibility index (Phi) is 8.67. The summed E-state index contributed by atoms with van der Waals surface area (Å²) in [5.74, 6) is 3.33. The summed E-state index contributed by atoms with van der Waals surface area (Å²) >= 11 is 0. The molecular weight excluding hydrogens is 431 g/mol. The van der Waals surface area contributed by atoms with E-state index >= 15 is 0 Å². The van der Waals surface area contributed by atoms with Gasteiger partial charge in [0.15, 0.2) is 11.8 Å². The molecule has 0 fully saturated rings. The maximum absolute atomic E-state index is 5.90. The van der Waals surface area contributed by atoms with E-state index in [2.05, 4.69) is 38.8 Å². The van der Waals surface area contributed by atoms with Crippen molar-refractivity contribution in [1.29, 1.82) is 0 Å². The number of nitrogens with zero attached hydrogens (tertiary/aromatic N) is 4. The number of aromatic nitrogens is 3. The minimum absolute atomic E-state index is 0. The maximum Gasteiger partial charge on any atom is 0.191 e. The molecule has 1 atom stereocenters. The normalized spacial score (nSPS) is 12.3. The lowest BCUT2D eigenvalue weighted by molar-refractivity contribution is 0.223. The average molecular weight is 458 g/mol. The molecule has 1 unspecified atom stereocenters. The molecule has 1 aromatic carbocycles. The van der Waals surface area contributed by atoms with Crippen molar-refractivity contribution in [1.82, 2.24) is 25.4 Å². The molecule has 0 radical (unpaired) electrons. The van der Waals surface area contributed by atoms with Crippen LogP contribution in [0, 0.1) is 13.8 Å². The van der Waals surface area contributed by atoms with Crippen LogP contribution in [0.3, 0.4) is 0 Å². The average Bonchev–Trinajstić information content (AvgIpc) is 2.87. The Morgan fingerprint density at radius 2 is 2.04 bits per heavy atom. The van der Waals surface area contributed by atoms with Gasteiger partial charge >= 0.3 is 0 Å². The highest BCUT2D eigenvalue weighted by Crippen LogP contribution is 2.13. The lowest BCUT2D eigenvalue weighted by Crippen LogP contribution is -2.41. The quantitative estimate of drug-likeness (QED) is 0.395. The summed E-state index contributed by atoms with van der Waals surface area (Å²) in [5.41, 5.74) is 1.18. The van der Waals surface area contributed by atoms with Gasteiger partial charge in [-0.15, -0.1) is 34.2 Å². The van der Waals surface area contributed by atoms with Crippen molar-refractivity contribution in [2.24, 2.45) is 12.0 Å². The largest absolute Gasteiger partial charge is 0.489 e. The van der Waals surface area contributed by atoms with Crippen LogP contribution in [0.25, 0.3) is 0 Å². The number of ether oxygens (including phenoxy) is 1. The molecule has 0 aliphatic heterocycles. The Hall–Kier alpha value is -1.84. The van der Waals surface area contributed by atoms with Crippen LogP contribution in [0.4, 0.5) is 0 Å². The highest BCUT2D eigenvalue weighted by Gasteiger charge is 2.08. The van der Waals surface area contributed by atoms with Gasteiger partial charge in [-0.2, -0.15) is 0 Å². The van der Waals surface area contributed by atoms with Gasteiger partial charge in [0.1, 0.15) is 17.7 Å². The molecule has 0 bridgehead atoms. The van der Waals surface area contributed by atoms with Crippen molar-refractivity contribution in [2.75, 3.05) is 13.6 Å². The summed E-state index contributed by atoms with van der Waals surface area (Å²) in [6, 6.07) is 8.04. The highest BCUT2D eigenvalue weighted by atomic mass is 127. The SMILES string of the molecule is CN=C(NCc1nnc(C)n1C)NCC(C)Oc1cccc(C)c1.I. The van der Waals surface area contributed by atoms with Crippen molar-refractivity contribution >= 4 is 29.9 Å². The summed E-state index contributed by atoms with van der Waals surface area (Å²) in [5, 5.41) is 14.6. The zero-order valence-corrected chi connectivity index (χ0v) is 17.7. The number of aliphatic imine (C=N–C) groups is 1. The summed E-state index contributed by atoms with van der Waals surface area (Å²) in [7, 11) is 3.68. The first-order valence-corrected chi connectivity index (χ1v) is 8.02. The van der Waals surface area contributed by atoms with Crippen molar-refractivity contribution in [3.63, 3.8) is 0 Å². The number of hydrogen-bond acceptors (Lipinski definition) is 4. The lowest BCUT2D eigenvalue weighted by Gasteiger charge is -2.18. The number of benzene rings is 1. The molecule has 8 heteroatoms. The standard InChI is InChI=1S/C17H26N6O.HI/c1-12-7-6-8-15(9-12)24-13(2)10-19-17(18-4)20-11-16-22-21-14(3)23(16)5;/h6-9,13H,10-11H2,1-5H3,(H2,18,19,20);1H. The van der Waals surface area contributed by atoms with E-state index in [0.29, 0.717) is 19.0 Å². The smallest absolute Gasteiger partial charge is 0.191 e. The van der Waals surface area contributed by atoms with E-state index < -0.39 is 0 Å². The van der Waals surface area contributed by atoms with E-state index in [1.54, 1.807) is 7.05 Å². The van der Waals surface area contributed by atoms with Crippen molar-refractivity contribution in [3.05, 3.63) is 41.5 Å². The lowest BCUT2D eigenvalue weighted by atomic mass is 10.2. The second-order valence-electron chi connectivity index (χ2n) is 5.77. The topological polar surface area (TPSA) is 76.4 Å². The van der Waals surface area contributed by atoms with Crippen LogP contribution in [0.5, 0.6) is 5.75 Å². The zero-order valence-electron chi connectivity index (χ0n) is 15.4. The first-order chi connectivity index (χ1) is 11.5. The minimum atomic E-state index is 0. The molecule has 2 aromatic rings. The Morgan fingerprint density at radius 3 is 2.64 bits per heavy atom. The Balaban J connectivity index is 0.00000312. The van der Waals surface area contributed by atoms with Crippen LogP contribution in [0.1, 0.15) is 24.1 Å². The third-order valence-electron chi connectivity index (χ3n) is 3.70. The molecule has 0 aliphatic rings. The molecule has 1 aromatic heterocycles. The summed E-state index contributed by atoms with van der Waals surface area (Å²) in [4.78, 5) is 4.21. The van der Waals surface area contributed by atoms with Crippen LogP contribution in [-0.4, -0.2) is 40.4 Å². The summed E-state index contributed by atoms with van der Waals surface area (Å²) in [6.07, 6.45) is 0.0161. The molecular formula is C17H27IN6O.